The van der Waals surface area contributed by atoms with Crippen LogP contribution in [0.1, 0.15) is 0 Å². The first-order chi connectivity index (χ1) is 7.45. The van der Waals surface area contributed by atoms with Crippen molar-refractivity contribution in [2.75, 3.05) is 31.2 Å². The summed E-state index contributed by atoms with van der Waals surface area (Å²) in [5.41, 5.74) is 0.999. The predicted octanol–water partition coefficient (Wildman–Crippen LogP) is 1.17. The fourth-order valence-electron chi connectivity index (χ4n) is 1.95. The van der Waals surface area contributed by atoms with Crippen molar-refractivity contribution in [3.8, 4) is 0 Å². The van der Waals surface area contributed by atoms with Gasteiger partial charge in [0.05, 0.1) is 19.4 Å². The van der Waals surface area contributed by atoms with Gasteiger partial charge in [0.25, 0.3) is 0 Å². The zero-order valence-corrected chi connectivity index (χ0v) is 8.47. The Labute approximate surface area is 88.1 Å². The van der Waals surface area contributed by atoms with E-state index in [1.807, 2.05) is 30.6 Å². The Balaban J connectivity index is 2.02. The summed E-state index contributed by atoms with van der Waals surface area (Å²) >= 11 is 0. The number of hydrogen-bond donors (Lipinski definition) is 0. The minimum absolute atomic E-state index is 0.806. The number of pyridine rings is 1. The van der Waals surface area contributed by atoms with Crippen LogP contribution in [0.5, 0.6) is 0 Å². The Hall–Kier alpha value is -1.55. The Kier molecular flexibility index (Phi) is 2.07. The molecule has 0 unspecified atom stereocenters. The van der Waals surface area contributed by atoms with Crippen LogP contribution in [0, 0.1) is 0 Å². The van der Waals surface area contributed by atoms with Gasteiger partial charge in [-0.2, -0.15) is 0 Å². The van der Waals surface area contributed by atoms with Gasteiger partial charge in [0.1, 0.15) is 11.5 Å². The van der Waals surface area contributed by atoms with Crippen LogP contribution in [-0.2, 0) is 4.74 Å². The van der Waals surface area contributed by atoms with Gasteiger partial charge >= 0.3 is 0 Å². The summed E-state index contributed by atoms with van der Waals surface area (Å²) in [5.74, 6) is 1.16. The third kappa shape index (κ3) is 1.47. The van der Waals surface area contributed by atoms with Crippen molar-refractivity contribution in [1.29, 1.82) is 0 Å². The highest BCUT2D eigenvalue weighted by Crippen LogP contribution is 2.17. The Morgan fingerprint density at radius 2 is 2.07 bits per heavy atom. The molecule has 2 aromatic rings. The van der Waals surface area contributed by atoms with Gasteiger partial charge in [-0.25, -0.2) is 4.98 Å². The number of morpholine rings is 1. The lowest BCUT2D eigenvalue weighted by molar-refractivity contribution is 0.122. The van der Waals surface area contributed by atoms with Crippen molar-refractivity contribution < 1.29 is 4.74 Å². The maximum atomic E-state index is 5.34. The van der Waals surface area contributed by atoms with Crippen LogP contribution in [0.3, 0.4) is 0 Å². The lowest BCUT2D eigenvalue weighted by Gasteiger charge is -2.27. The van der Waals surface area contributed by atoms with E-state index < -0.39 is 0 Å². The summed E-state index contributed by atoms with van der Waals surface area (Å²) in [7, 11) is 0. The lowest BCUT2D eigenvalue weighted by atomic mass is 10.4. The Bertz CT molecular complexity index is 460. The molecule has 0 bridgehead atoms. The largest absolute Gasteiger partial charge is 0.378 e. The van der Waals surface area contributed by atoms with Gasteiger partial charge in [-0.15, -0.1) is 0 Å². The van der Waals surface area contributed by atoms with Crippen LogP contribution in [0.15, 0.2) is 30.6 Å². The van der Waals surface area contributed by atoms with E-state index in [-0.39, 0.29) is 0 Å². The molecule has 0 aromatic carbocycles. The predicted molar refractivity (Wildman–Crippen MR) is 58.2 cm³/mol. The second-order valence-corrected chi connectivity index (χ2v) is 3.64. The zero-order chi connectivity index (χ0) is 10.1. The van der Waals surface area contributed by atoms with Crippen molar-refractivity contribution in [2.24, 2.45) is 0 Å². The van der Waals surface area contributed by atoms with E-state index in [4.69, 9.17) is 4.74 Å². The summed E-state index contributed by atoms with van der Waals surface area (Å²) < 4.78 is 7.45. The molecule has 4 nitrogen and oxygen atoms in total. The molecule has 0 radical (unpaired) electrons. The summed E-state index contributed by atoms with van der Waals surface area (Å²) in [4.78, 5) is 6.68. The molecule has 2 aromatic heterocycles. The molecule has 0 spiro atoms. The molecule has 0 N–H and O–H groups in total. The monoisotopic (exact) mass is 203 g/mol. The number of anilines is 1. The van der Waals surface area contributed by atoms with Crippen LogP contribution < -0.4 is 4.90 Å². The van der Waals surface area contributed by atoms with Crippen LogP contribution in [-0.4, -0.2) is 35.7 Å². The van der Waals surface area contributed by atoms with Crippen molar-refractivity contribution in [3.05, 3.63) is 30.6 Å². The minimum atomic E-state index is 0.806. The first-order valence-electron chi connectivity index (χ1n) is 5.20. The van der Waals surface area contributed by atoms with Crippen molar-refractivity contribution >= 4 is 11.5 Å². The molecule has 0 saturated carbocycles. The Morgan fingerprint density at radius 1 is 1.20 bits per heavy atom. The third-order valence-corrected chi connectivity index (χ3v) is 2.73. The van der Waals surface area contributed by atoms with Crippen LogP contribution >= 0.6 is 0 Å². The van der Waals surface area contributed by atoms with E-state index in [0.717, 1.165) is 37.8 Å². The minimum Gasteiger partial charge on any atom is -0.378 e. The molecule has 15 heavy (non-hydrogen) atoms. The molecule has 3 rings (SSSR count). The molecule has 1 aliphatic heterocycles. The molecule has 4 heteroatoms. The smallest absolute Gasteiger partial charge is 0.138 e. The zero-order valence-electron chi connectivity index (χ0n) is 8.47. The van der Waals surface area contributed by atoms with E-state index >= 15 is 0 Å². The SMILES string of the molecule is c1ccn2c(N3CCOCC3)cnc2c1. The van der Waals surface area contributed by atoms with Crippen molar-refractivity contribution in [2.45, 2.75) is 0 Å². The average molecular weight is 203 g/mol. The van der Waals surface area contributed by atoms with Crippen LogP contribution in [0.25, 0.3) is 5.65 Å². The molecule has 0 atom stereocenters. The van der Waals surface area contributed by atoms with Gasteiger partial charge in [0.15, 0.2) is 0 Å². The number of hydrogen-bond acceptors (Lipinski definition) is 3. The van der Waals surface area contributed by atoms with Gasteiger partial charge in [-0.05, 0) is 12.1 Å². The lowest BCUT2D eigenvalue weighted by Crippen LogP contribution is -2.36. The first kappa shape index (κ1) is 8.73. The summed E-state index contributed by atoms with van der Waals surface area (Å²) in [6.45, 7) is 3.51. The molecule has 3 heterocycles. The molecule has 0 aliphatic carbocycles. The highest BCUT2D eigenvalue weighted by molar-refractivity contribution is 5.51. The highest BCUT2D eigenvalue weighted by atomic mass is 16.5. The normalized spacial score (nSPS) is 17.2. The molecule has 1 saturated heterocycles. The van der Waals surface area contributed by atoms with Crippen LogP contribution in [0.2, 0.25) is 0 Å². The fraction of sp³-hybridized carbons (Fsp3) is 0.364. The second kappa shape index (κ2) is 3.55. The molecule has 1 fully saturated rings. The number of nitrogens with zero attached hydrogens (tertiary/aromatic N) is 3. The number of rotatable bonds is 1. The van der Waals surface area contributed by atoms with Crippen molar-refractivity contribution in [1.82, 2.24) is 9.38 Å². The highest BCUT2D eigenvalue weighted by Gasteiger charge is 2.14. The van der Waals surface area contributed by atoms with Gasteiger partial charge < -0.3 is 9.64 Å². The maximum Gasteiger partial charge on any atom is 0.138 e. The number of fused-ring (bicyclic) bond motifs is 1. The second-order valence-electron chi connectivity index (χ2n) is 3.64. The topological polar surface area (TPSA) is 29.8 Å². The fourth-order valence-corrected chi connectivity index (χ4v) is 1.95. The standard InChI is InChI=1S/C11H13N3O/c1-2-4-14-10(3-1)12-9-11(14)13-5-7-15-8-6-13/h1-4,9H,5-8H2. The maximum absolute atomic E-state index is 5.34. The number of aromatic nitrogens is 2. The molecular weight excluding hydrogens is 190 g/mol. The number of ether oxygens (including phenoxy) is 1. The van der Waals surface area contributed by atoms with Crippen molar-refractivity contribution in [3.63, 3.8) is 0 Å². The van der Waals surface area contributed by atoms with E-state index in [0.29, 0.717) is 0 Å². The van der Waals surface area contributed by atoms with Crippen LogP contribution in [0.4, 0.5) is 5.82 Å². The molecule has 0 amide bonds. The molecule has 78 valence electrons. The van der Waals surface area contributed by atoms with Gasteiger partial charge in [-0.3, -0.25) is 4.40 Å². The van der Waals surface area contributed by atoms with Gasteiger partial charge in [-0.1, -0.05) is 6.07 Å². The molecular formula is C11H13N3O. The quantitative estimate of drug-likeness (QED) is 0.697. The van der Waals surface area contributed by atoms with Gasteiger partial charge in [0, 0.05) is 19.3 Å². The van der Waals surface area contributed by atoms with E-state index in [2.05, 4.69) is 14.3 Å². The van der Waals surface area contributed by atoms with E-state index in [1.165, 1.54) is 0 Å². The third-order valence-electron chi connectivity index (χ3n) is 2.73. The summed E-state index contributed by atoms with van der Waals surface area (Å²) in [6.07, 6.45) is 3.98. The van der Waals surface area contributed by atoms with Gasteiger partial charge in [0.2, 0.25) is 0 Å². The van der Waals surface area contributed by atoms with E-state index in [1.54, 1.807) is 0 Å². The summed E-state index contributed by atoms with van der Waals surface area (Å²) in [6, 6.07) is 6.05. The Morgan fingerprint density at radius 3 is 2.93 bits per heavy atom. The average Bonchev–Trinajstić information content (AvgIpc) is 2.74. The summed E-state index contributed by atoms with van der Waals surface area (Å²) in [5, 5.41) is 0. The molecule has 1 aliphatic rings. The van der Waals surface area contributed by atoms with E-state index in [9.17, 15) is 0 Å². The number of imidazole rings is 1. The first-order valence-corrected chi connectivity index (χ1v) is 5.20.